The van der Waals surface area contributed by atoms with Crippen molar-refractivity contribution in [2.24, 2.45) is 0 Å². The maximum atomic E-state index is 5.20. The van der Waals surface area contributed by atoms with Crippen molar-refractivity contribution in [2.75, 3.05) is 7.11 Å². The minimum absolute atomic E-state index is 0.197. The van der Waals surface area contributed by atoms with Crippen LogP contribution in [-0.4, -0.2) is 27.5 Å². The molecule has 19 heavy (non-hydrogen) atoms. The molecular formula is C17H14OTe. The van der Waals surface area contributed by atoms with Gasteiger partial charge in [-0.1, -0.05) is 0 Å². The molecule has 0 aliphatic rings. The quantitative estimate of drug-likeness (QED) is 0.638. The molecule has 0 aliphatic carbocycles. The van der Waals surface area contributed by atoms with Crippen LogP contribution in [0.2, 0.25) is 0 Å². The van der Waals surface area contributed by atoms with E-state index >= 15 is 0 Å². The van der Waals surface area contributed by atoms with Crippen LogP contribution in [0.1, 0.15) is 0 Å². The van der Waals surface area contributed by atoms with Gasteiger partial charge in [0.25, 0.3) is 0 Å². The maximum absolute atomic E-state index is 5.20. The number of hydrogen-bond acceptors (Lipinski definition) is 1. The molecule has 0 unspecified atom stereocenters. The summed E-state index contributed by atoms with van der Waals surface area (Å²) < 4.78 is 9.12. The zero-order valence-corrected chi connectivity index (χ0v) is 13.0. The molecule has 3 aromatic rings. The molecular weight excluding hydrogens is 348 g/mol. The monoisotopic (exact) mass is 364 g/mol. The van der Waals surface area contributed by atoms with Crippen LogP contribution in [-0.2, 0) is 0 Å². The van der Waals surface area contributed by atoms with Crippen LogP contribution in [0.3, 0.4) is 0 Å². The van der Waals surface area contributed by atoms with Gasteiger partial charge in [0.05, 0.1) is 0 Å². The molecule has 0 bridgehead atoms. The Kier molecular flexibility index (Phi) is 3.73. The second-order valence-electron chi connectivity index (χ2n) is 4.29. The number of hydrogen-bond donors (Lipinski definition) is 0. The van der Waals surface area contributed by atoms with Crippen LogP contribution in [0, 0.1) is 0 Å². The van der Waals surface area contributed by atoms with E-state index in [1.807, 2.05) is 12.1 Å². The van der Waals surface area contributed by atoms with Gasteiger partial charge < -0.3 is 0 Å². The predicted octanol–water partition coefficient (Wildman–Crippen LogP) is 4.09. The average molecular weight is 362 g/mol. The first-order valence-corrected chi connectivity index (χ1v) is 8.66. The van der Waals surface area contributed by atoms with Gasteiger partial charge in [0.1, 0.15) is 0 Å². The Morgan fingerprint density at radius 1 is 0.789 bits per heavy atom. The molecule has 0 aliphatic heterocycles. The normalized spacial score (nSPS) is 10.4. The molecule has 3 rings (SSSR count). The Morgan fingerprint density at radius 2 is 1.53 bits per heavy atom. The summed E-state index contributed by atoms with van der Waals surface area (Å²) in [5.74, 6) is 0.908. The molecule has 1 aromatic heterocycles. The van der Waals surface area contributed by atoms with E-state index < -0.39 is 0 Å². The van der Waals surface area contributed by atoms with E-state index in [-0.39, 0.29) is 20.4 Å². The molecule has 1 heterocycles. The molecule has 0 radical (unpaired) electrons. The van der Waals surface area contributed by atoms with Crippen LogP contribution < -0.4 is 4.74 Å². The van der Waals surface area contributed by atoms with Gasteiger partial charge in [0.2, 0.25) is 0 Å². The first-order valence-electron chi connectivity index (χ1n) is 6.15. The van der Waals surface area contributed by atoms with Gasteiger partial charge in [-0.2, -0.15) is 0 Å². The van der Waals surface area contributed by atoms with Crippen molar-refractivity contribution in [1.29, 1.82) is 0 Å². The third-order valence-corrected chi connectivity index (χ3v) is 5.88. The van der Waals surface area contributed by atoms with Crippen molar-refractivity contribution in [1.82, 2.24) is 0 Å². The summed E-state index contributed by atoms with van der Waals surface area (Å²) >= 11 is -0.197. The predicted molar refractivity (Wildman–Crippen MR) is 80.8 cm³/mol. The molecule has 0 atom stereocenters. The third-order valence-electron chi connectivity index (χ3n) is 3.08. The van der Waals surface area contributed by atoms with Crippen molar-refractivity contribution in [3.63, 3.8) is 0 Å². The minimum atomic E-state index is -0.197. The van der Waals surface area contributed by atoms with Crippen LogP contribution >= 0.6 is 0 Å². The second kappa shape index (κ2) is 5.65. The fraction of sp³-hybridized carbons (Fsp3) is 0.0588. The Bertz CT molecular complexity index is 653. The summed E-state index contributed by atoms with van der Waals surface area (Å²) in [5.41, 5.74) is 3.99. The summed E-state index contributed by atoms with van der Waals surface area (Å²) in [4.78, 5) is 0. The van der Waals surface area contributed by atoms with Crippen molar-refractivity contribution < 1.29 is 4.74 Å². The molecule has 94 valence electrons. The fourth-order valence-corrected chi connectivity index (χ4v) is 4.67. The number of ether oxygens (including phenoxy) is 1. The molecule has 0 N–H and O–H groups in total. The number of rotatable bonds is 3. The van der Waals surface area contributed by atoms with Crippen LogP contribution in [0.25, 0.3) is 20.3 Å². The second-order valence-corrected chi connectivity index (χ2v) is 6.89. The van der Waals surface area contributed by atoms with Crippen LogP contribution in [0.4, 0.5) is 0 Å². The van der Waals surface area contributed by atoms with Crippen LogP contribution in [0.15, 0.2) is 64.7 Å². The van der Waals surface area contributed by atoms with Crippen molar-refractivity contribution in [3.8, 4) is 26.0 Å². The molecule has 0 saturated carbocycles. The molecule has 0 fully saturated rings. The first-order chi connectivity index (χ1) is 9.36. The molecule has 1 nitrogen and oxygen atoms in total. The van der Waals surface area contributed by atoms with Gasteiger partial charge in [-0.3, -0.25) is 0 Å². The van der Waals surface area contributed by atoms with E-state index in [1.165, 1.54) is 20.3 Å². The Hall–Kier alpha value is -1.49. The Morgan fingerprint density at radius 3 is 2.21 bits per heavy atom. The van der Waals surface area contributed by atoms with E-state index in [9.17, 15) is 0 Å². The molecule has 2 aromatic carbocycles. The van der Waals surface area contributed by atoms with Gasteiger partial charge in [-0.15, -0.1) is 0 Å². The number of methoxy groups -OCH3 is 1. The van der Waals surface area contributed by atoms with Crippen molar-refractivity contribution in [3.05, 3.63) is 64.7 Å². The Labute approximate surface area is 123 Å². The summed E-state index contributed by atoms with van der Waals surface area (Å²) in [5, 5.41) is 0. The van der Waals surface area contributed by atoms with E-state index in [1.54, 1.807) is 7.11 Å². The van der Waals surface area contributed by atoms with E-state index in [4.69, 9.17) is 4.74 Å². The van der Waals surface area contributed by atoms with Gasteiger partial charge in [0.15, 0.2) is 0 Å². The van der Waals surface area contributed by atoms with E-state index in [0.29, 0.717) is 0 Å². The Balaban J connectivity index is 1.92. The zero-order chi connectivity index (χ0) is 13.1. The fourth-order valence-electron chi connectivity index (χ4n) is 2.02. The molecule has 0 saturated heterocycles. The van der Waals surface area contributed by atoms with E-state index in [0.717, 1.165) is 5.75 Å². The van der Waals surface area contributed by atoms with Gasteiger partial charge >= 0.3 is 123 Å². The number of benzene rings is 2. The standard InChI is InChI=1S/C17H14OTe/c1-18-16-9-7-13(8-10-16)15-11-17(19-12-15)14-5-3-2-4-6-14/h2-12H,1H3. The molecule has 0 amide bonds. The van der Waals surface area contributed by atoms with Gasteiger partial charge in [-0.05, 0) is 0 Å². The summed E-state index contributed by atoms with van der Waals surface area (Å²) in [6, 6.07) is 21.3. The summed E-state index contributed by atoms with van der Waals surface area (Å²) in [6.45, 7) is 0. The SMILES string of the molecule is COc1ccc(-c2c[te]c(-c3ccccc3)c2)cc1. The van der Waals surface area contributed by atoms with Crippen molar-refractivity contribution in [2.45, 2.75) is 0 Å². The zero-order valence-electron chi connectivity index (χ0n) is 10.7. The topological polar surface area (TPSA) is 9.23 Å². The molecule has 0 spiro atoms. The average Bonchev–Trinajstić information content (AvgIpc) is 2.98. The summed E-state index contributed by atoms with van der Waals surface area (Å²) in [6.07, 6.45) is 0. The van der Waals surface area contributed by atoms with Gasteiger partial charge in [-0.25, -0.2) is 0 Å². The van der Waals surface area contributed by atoms with Crippen LogP contribution in [0.5, 0.6) is 5.75 Å². The van der Waals surface area contributed by atoms with E-state index in [2.05, 4.69) is 52.6 Å². The van der Waals surface area contributed by atoms with Gasteiger partial charge in [0, 0.05) is 0 Å². The third kappa shape index (κ3) is 2.76. The first kappa shape index (κ1) is 12.5. The summed E-state index contributed by atoms with van der Waals surface area (Å²) in [7, 11) is 1.70. The van der Waals surface area contributed by atoms with Crippen molar-refractivity contribution >= 4 is 20.4 Å². The molecule has 2 heteroatoms.